The van der Waals surface area contributed by atoms with Crippen molar-refractivity contribution in [3.8, 4) is 11.5 Å². The number of halogens is 1. The Kier molecular flexibility index (Phi) is 3.30. The number of rotatable bonds is 3. The zero-order valence-corrected chi connectivity index (χ0v) is 11.7. The van der Waals surface area contributed by atoms with Gasteiger partial charge in [-0.1, -0.05) is 11.6 Å². The Morgan fingerprint density at radius 2 is 1.80 bits per heavy atom. The number of esters is 1. The average Bonchev–Trinajstić information content (AvgIpc) is 3.07. The van der Waals surface area contributed by atoms with Crippen LogP contribution >= 0.6 is 11.6 Å². The smallest absolute Gasteiger partial charge is 0.379 e. The Hall–Kier alpha value is -1.75. The molecule has 0 spiro atoms. The summed E-state index contributed by atoms with van der Waals surface area (Å²) in [6, 6.07) is 0. The van der Waals surface area contributed by atoms with Crippen LogP contribution in [-0.4, -0.2) is 31.6 Å². The summed E-state index contributed by atoms with van der Waals surface area (Å²) in [5.41, 5.74) is 1.64. The Balaban J connectivity index is 2.16. The van der Waals surface area contributed by atoms with E-state index in [0.717, 1.165) is 5.56 Å². The lowest BCUT2D eigenvalue weighted by atomic mass is 9.96. The van der Waals surface area contributed by atoms with Gasteiger partial charge in [-0.3, -0.25) is 4.79 Å². The largest absolute Gasteiger partial charge is 0.492 e. The summed E-state index contributed by atoms with van der Waals surface area (Å²) in [6.07, 6.45) is 1.14. The highest BCUT2D eigenvalue weighted by atomic mass is 35.5. The van der Waals surface area contributed by atoms with Crippen molar-refractivity contribution in [2.75, 3.05) is 19.8 Å². The van der Waals surface area contributed by atoms with Crippen LogP contribution in [0.15, 0.2) is 0 Å². The molecule has 0 aromatic heterocycles. The first-order chi connectivity index (χ1) is 9.65. The number of hydrogen-bond donors (Lipinski definition) is 0. The maximum absolute atomic E-state index is 12.3. The van der Waals surface area contributed by atoms with Crippen molar-refractivity contribution in [1.82, 2.24) is 0 Å². The molecule has 20 heavy (non-hydrogen) atoms. The van der Waals surface area contributed by atoms with Gasteiger partial charge in [-0.15, -0.1) is 0 Å². The molecule has 0 aliphatic carbocycles. The van der Waals surface area contributed by atoms with Crippen molar-refractivity contribution in [2.45, 2.75) is 19.8 Å². The Labute approximate surface area is 120 Å². The molecule has 2 aliphatic heterocycles. The van der Waals surface area contributed by atoms with E-state index in [1.54, 1.807) is 6.92 Å². The minimum absolute atomic E-state index is 0.153. The molecule has 5 nitrogen and oxygen atoms in total. The van der Waals surface area contributed by atoms with Crippen molar-refractivity contribution in [1.29, 1.82) is 0 Å². The van der Waals surface area contributed by atoms with Crippen LogP contribution in [0.2, 0.25) is 5.02 Å². The van der Waals surface area contributed by atoms with Crippen molar-refractivity contribution in [3.63, 3.8) is 0 Å². The summed E-state index contributed by atoms with van der Waals surface area (Å²) in [4.78, 5) is 24.0. The summed E-state index contributed by atoms with van der Waals surface area (Å²) >= 11 is 6.28. The fourth-order valence-electron chi connectivity index (χ4n) is 2.59. The molecule has 0 fully saturated rings. The standard InChI is InChI=1S/C14H13ClO5/c1-2-18-14(17)11(16)9-7-3-5-20-13(7)10(15)8-4-6-19-12(8)9/h2-6H2,1H3. The molecule has 3 rings (SSSR count). The highest BCUT2D eigenvalue weighted by Crippen LogP contribution is 2.47. The third-order valence-electron chi connectivity index (χ3n) is 3.43. The second-order valence-corrected chi connectivity index (χ2v) is 4.93. The number of fused-ring (bicyclic) bond motifs is 2. The van der Waals surface area contributed by atoms with Gasteiger partial charge in [0, 0.05) is 24.0 Å². The van der Waals surface area contributed by atoms with E-state index < -0.39 is 11.8 Å². The predicted molar refractivity (Wildman–Crippen MR) is 70.8 cm³/mol. The van der Waals surface area contributed by atoms with Gasteiger partial charge in [-0.05, 0) is 6.92 Å². The van der Waals surface area contributed by atoms with Crippen LogP contribution in [0.1, 0.15) is 28.4 Å². The van der Waals surface area contributed by atoms with Crippen LogP contribution in [0.25, 0.3) is 0 Å². The fraction of sp³-hybridized carbons (Fsp3) is 0.429. The van der Waals surface area contributed by atoms with E-state index in [9.17, 15) is 9.59 Å². The number of Topliss-reactive ketones (excluding diaryl/α,β-unsaturated/α-hetero) is 1. The molecule has 0 unspecified atom stereocenters. The maximum atomic E-state index is 12.3. The van der Waals surface area contributed by atoms with Gasteiger partial charge < -0.3 is 14.2 Å². The third kappa shape index (κ3) is 1.85. The SMILES string of the molecule is CCOC(=O)C(=O)c1c2c(c(Cl)c3c1OCC3)OCC2. The second kappa shape index (κ2) is 4.98. The number of ether oxygens (including phenoxy) is 3. The van der Waals surface area contributed by atoms with Gasteiger partial charge in [0.2, 0.25) is 0 Å². The fourth-order valence-corrected chi connectivity index (χ4v) is 2.94. The summed E-state index contributed by atoms with van der Waals surface area (Å²) in [5.74, 6) is -0.647. The van der Waals surface area contributed by atoms with Gasteiger partial charge in [0.15, 0.2) is 0 Å². The van der Waals surface area contributed by atoms with Crippen LogP contribution in [0.4, 0.5) is 0 Å². The molecule has 2 aliphatic rings. The summed E-state index contributed by atoms with van der Waals surface area (Å²) in [5, 5.41) is 0.491. The molecule has 106 valence electrons. The lowest BCUT2D eigenvalue weighted by Crippen LogP contribution is -2.19. The van der Waals surface area contributed by atoms with Crippen molar-refractivity contribution in [3.05, 3.63) is 21.7 Å². The molecule has 0 saturated carbocycles. The van der Waals surface area contributed by atoms with E-state index in [-0.39, 0.29) is 12.2 Å². The average molecular weight is 297 g/mol. The topological polar surface area (TPSA) is 61.8 Å². The zero-order valence-electron chi connectivity index (χ0n) is 11.0. The van der Waals surface area contributed by atoms with E-state index in [2.05, 4.69) is 0 Å². The van der Waals surface area contributed by atoms with Gasteiger partial charge in [-0.25, -0.2) is 4.79 Å². The van der Waals surface area contributed by atoms with E-state index in [1.807, 2.05) is 0 Å². The van der Waals surface area contributed by atoms with Crippen LogP contribution in [0.3, 0.4) is 0 Å². The number of benzene rings is 1. The first kappa shape index (κ1) is 13.2. The minimum atomic E-state index is -0.873. The predicted octanol–water partition coefficient (Wildman–Crippen LogP) is 1.96. The van der Waals surface area contributed by atoms with Gasteiger partial charge in [0.25, 0.3) is 5.78 Å². The lowest BCUT2D eigenvalue weighted by molar-refractivity contribution is -0.137. The Bertz CT molecular complexity index is 573. The van der Waals surface area contributed by atoms with Crippen LogP contribution in [0, 0.1) is 0 Å². The molecular weight excluding hydrogens is 284 g/mol. The summed E-state index contributed by atoms with van der Waals surface area (Å²) in [7, 11) is 0. The molecule has 0 radical (unpaired) electrons. The molecule has 2 heterocycles. The van der Waals surface area contributed by atoms with Crippen molar-refractivity contribution in [2.24, 2.45) is 0 Å². The molecule has 0 amide bonds. The molecule has 0 N–H and O–H groups in total. The first-order valence-corrected chi connectivity index (χ1v) is 6.87. The van der Waals surface area contributed by atoms with Crippen LogP contribution in [0.5, 0.6) is 11.5 Å². The molecule has 0 atom stereocenters. The normalized spacial score (nSPS) is 15.1. The second-order valence-electron chi connectivity index (χ2n) is 4.55. The highest BCUT2D eigenvalue weighted by molar-refractivity contribution is 6.42. The monoisotopic (exact) mass is 296 g/mol. The van der Waals surface area contributed by atoms with Crippen LogP contribution in [-0.2, 0) is 22.4 Å². The van der Waals surface area contributed by atoms with Gasteiger partial charge >= 0.3 is 5.97 Å². The van der Waals surface area contributed by atoms with Gasteiger partial charge in [0.05, 0.1) is 30.4 Å². The number of hydrogen-bond acceptors (Lipinski definition) is 5. The molecule has 1 aromatic rings. The number of carbonyl (C=O) groups excluding carboxylic acids is 2. The number of ketones is 1. The van der Waals surface area contributed by atoms with E-state index >= 15 is 0 Å². The number of carbonyl (C=O) groups is 2. The molecule has 0 bridgehead atoms. The van der Waals surface area contributed by atoms with Gasteiger partial charge in [0.1, 0.15) is 11.5 Å². The third-order valence-corrected chi connectivity index (χ3v) is 3.83. The molecule has 1 aromatic carbocycles. The lowest BCUT2D eigenvalue weighted by Gasteiger charge is -2.13. The maximum Gasteiger partial charge on any atom is 0.379 e. The minimum Gasteiger partial charge on any atom is -0.492 e. The van der Waals surface area contributed by atoms with Crippen LogP contribution < -0.4 is 9.47 Å². The van der Waals surface area contributed by atoms with E-state index in [0.29, 0.717) is 48.1 Å². The van der Waals surface area contributed by atoms with Crippen molar-refractivity contribution < 1.29 is 23.8 Å². The van der Waals surface area contributed by atoms with Crippen molar-refractivity contribution >= 4 is 23.4 Å². The quantitative estimate of drug-likeness (QED) is 0.485. The Morgan fingerprint density at radius 3 is 2.50 bits per heavy atom. The summed E-state index contributed by atoms with van der Waals surface area (Å²) in [6.45, 7) is 2.70. The molecule has 0 saturated heterocycles. The van der Waals surface area contributed by atoms with E-state index in [1.165, 1.54) is 0 Å². The Morgan fingerprint density at radius 1 is 1.15 bits per heavy atom. The van der Waals surface area contributed by atoms with E-state index in [4.69, 9.17) is 25.8 Å². The van der Waals surface area contributed by atoms with Gasteiger partial charge in [-0.2, -0.15) is 0 Å². The molecule has 6 heteroatoms. The first-order valence-electron chi connectivity index (χ1n) is 6.49. The zero-order chi connectivity index (χ0) is 14.3. The summed E-state index contributed by atoms with van der Waals surface area (Å²) < 4.78 is 15.8. The highest BCUT2D eigenvalue weighted by Gasteiger charge is 2.36. The molecular formula is C14H13ClO5.